The smallest absolute Gasteiger partial charge is 0.165 e. The van der Waals surface area contributed by atoms with Gasteiger partial charge in [0.1, 0.15) is 6.61 Å². The van der Waals surface area contributed by atoms with Crippen LogP contribution >= 0.6 is 15.9 Å². The highest BCUT2D eigenvalue weighted by Crippen LogP contribution is 2.25. The molecule has 0 aliphatic heterocycles. The molecular formula is C16H20BrFN2O. The first-order chi connectivity index (χ1) is 10.2. The molecule has 1 aromatic heterocycles. The lowest BCUT2D eigenvalue weighted by atomic mass is 10.2. The standard InChI is InChI=1S/C16H20BrFN2O/c1-3-14(4-2)20-9-8-13(19-20)11-21-16-12(10-17)6-5-7-15(16)18/h5-9,14H,3-4,10-11H2,1-2H3. The molecule has 3 nitrogen and oxygen atoms in total. The van der Waals surface area contributed by atoms with Crippen LogP contribution in [0.4, 0.5) is 4.39 Å². The molecule has 0 aliphatic rings. The zero-order chi connectivity index (χ0) is 15.2. The van der Waals surface area contributed by atoms with E-state index in [-0.39, 0.29) is 12.4 Å². The quantitative estimate of drug-likeness (QED) is 0.664. The summed E-state index contributed by atoms with van der Waals surface area (Å²) in [6, 6.07) is 7.26. The number of aromatic nitrogens is 2. The van der Waals surface area contributed by atoms with Gasteiger partial charge in [0.25, 0.3) is 0 Å². The second kappa shape index (κ2) is 7.59. The topological polar surface area (TPSA) is 27.1 Å². The van der Waals surface area contributed by atoms with E-state index in [1.165, 1.54) is 6.07 Å². The molecule has 0 fully saturated rings. The van der Waals surface area contributed by atoms with Crippen molar-refractivity contribution in [1.29, 1.82) is 0 Å². The summed E-state index contributed by atoms with van der Waals surface area (Å²) >= 11 is 3.34. The third kappa shape index (κ3) is 3.84. The molecule has 0 atom stereocenters. The molecule has 5 heteroatoms. The molecule has 0 aliphatic carbocycles. The van der Waals surface area contributed by atoms with Crippen molar-refractivity contribution in [2.45, 2.75) is 44.7 Å². The van der Waals surface area contributed by atoms with Crippen molar-refractivity contribution >= 4 is 15.9 Å². The number of para-hydroxylation sites is 1. The third-order valence-electron chi connectivity index (χ3n) is 3.54. The number of hydrogen-bond acceptors (Lipinski definition) is 2. The first kappa shape index (κ1) is 16.0. The Morgan fingerprint density at radius 2 is 2.05 bits per heavy atom. The normalized spacial score (nSPS) is 11.1. The first-order valence-corrected chi connectivity index (χ1v) is 8.31. The maximum atomic E-state index is 13.8. The highest BCUT2D eigenvalue weighted by molar-refractivity contribution is 9.08. The molecule has 0 radical (unpaired) electrons. The average molecular weight is 355 g/mol. The summed E-state index contributed by atoms with van der Waals surface area (Å²) in [6.07, 6.45) is 4.04. The van der Waals surface area contributed by atoms with E-state index >= 15 is 0 Å². The van der Waals surface area contributed by atoms with Crippen LogP contribution in [0.5, 0.6) is 5.75 Å². The summed E-state index contributed by atoms with van der Waals surface area (Å²) in [7, 11) is 0. The van der Waals surface area contributed by atoms with Crippen LogP contribution in [-0.2, 0) is 11.9 Å². The van der Waals surface area contributed by atoms with Gasteiger partial charge >= 0.3 is 0 Å². The number of nitrogens with zero attached hydrogens (tertiary/aromatic N) is 2. The molecule has 2 aromatic rings. The molecule has 0 amide bonds. The van der Waals surface area contributed by atoms with Crippen molar-refractivity contribution in [1.82, 2.24) is 9.78 Å². The van der Waals surface area contributed by atoms with Crippen molar-refractivity contribution in [3.63, 3.8) is 0 Å². The van der Waals surface area contributed by atoms with Gasteiger partial charge in [0.2, 0.25) is 0 Å². The molecule has 0 saturated heterocycles. The maximum Gasteiger partial charge on any atom is 0.165 e. The lowest BCUT2D eigenvalue weighted by Gasteiger charge is -2.13. The van der Waals surface area contributed by atoms with Crippen LogP contribution in [0.2, 0.25) is 0 Å². The van der Waals surface area contributed by atoms with Crippen LogP contribution < -0.4 is 4.74 Å². The van der Waals surface area contributed by atoms with E-state index < -0.39 is 0 Å². The van der Waals surface area contributed by atoms with Crippen LogP contribution in [0.3, 0.4) is 0 Å². The van der Waals surface area contributed by atoms with E-state index in [0.29, 0.717) is 17.1 Å². The Morgan fingerprint density at radius 3 is 2.71 bits per heavy atom. The predicted molar refractivity (Wildman–Crippen MR) is 85.2 cm³/mol. The van der Waals surface area contributed by atoms with Gasteiger partial charge in [0.05, 0.1) is 11.7 Å². The minimum Gasteiger partial charge on any atom is -0.484 e. The summed E-state index contributed by atoms with van der Waals surface area (Å²) in [4.78, 5) is 0. The van der Waals surface area contributed by atoms with E-state index in [9.17, 15) is 4.39 Å². The maximum absolute atomic E-state index is 13.8. The van der Waals surface area contributed by atoms with E-state index in [2.05, 4.69) is 34.9 Å². The number of alkyl halides is 1. The molecule has 1 heterocycles. The second-order valence-electron chi connectivity index (χ2n) is 4.91. The van der Waals surface area contributed by atoms with Crippen molar-refractivity contribution < 1.29 is 9.13 Å². The van der Waals surface area contributed by atoms with Gasteiger partial charge in [-0.25, -0.2) is 4.39 Å². The van der Waals surface area contributed by atoms with E-state index in [0.717, 1.165) is 24.1 Å². The van der Waals surface area contributed by atoms with Gasteiger partial charge in [-0.1, -0.05) is 41.9 Å². The molecule has 1 aromatic carbocycles. The van der Waals surface area contributed by atoms with Gasteiger partial charge in [0, 0.05) is 17.1 Å². The van der Waals surface area contributed by atoms with Crippen LogP contribution in [0.1, 0.15) is 44.0 Å². The summed E-state index contributed by atoms with van der Waals surface area (Å²) in [5.41, 5.74) is 1.61. The van der Waals surface area contributed by atoms with E-state index in [1.807, 2.05) is 23.0 Å². The molecular weight excluding hydrogens is 335 g/mol. The Bertz CT molecular complexity index is 581. The van der Waals surface area contributed by atoms with Gasteiger partial charge in [-0.05, 0) is 25.0 Å². The summed E-state index contributed by atoms with van der Waals surface area (Å²) in [6.45, 7) is 4.56. The Kier molecular flexibility index (Phi) is 5.79. The second-order valence-corrected chi connectivity index (χ2v) is 5.47. The Hall–Kier alpha value is -1.36. The third-order valence-corrected chi connectivity index (χ3v) is 4.14. The zero-order valence-corrected chi connectivity index (χ0v) is 13.9. The van der Waals surface area contributed by atoms with Gasteiger partial charge in [-0.15, -0.1) is 0 Å². The predicted octanol–water partition coefficient (Wildman–Crippen LogP) is 4.86. The summed E-state index contributed by atoms with van der Waals surface area (Å²) < 4.78 is 21.4. The first-order valence-electron chi connectivity index (χ1n) is 7.19. The molecule has 114 valence electrons. The largest absolute Gasteiger partial charge is 0.484 e. The molecule has 0 N–H and O–H groups in total. The highest BCUT2D eigenvalue weighted by Gasteiger charge is 2.11. The Morgan fingerprint density at radius 1 is 1.29 bits per heavy atom. The summed E-state index contributed by atoms with van der Waals surface area (Å²) in [5, 5.41) is 5.07. The average Bonchev–Trinajstić information content (AvgIpc) is 2.96. The van der Waals surface area contributed by atoms with Crippen LogP contribution in [0.25, 0.3) is 0 Å². The number of halogens is 2. The molecule has 0 bridgehead atoms. The summed E-state index contributed by atoms with van der Waals surface area (Å²) in [5.74, 6) is -0.0437. The fraction of sp³-hybridized carbons (Fsp3) is 0.438. The van der Waals surface area contributed by atoms with Crippen LogP contribution in [-0.4, -0.2) is 9.78 Å². The van der Waals surface area contributed by atoms with Gasteiger partial charge in [-0.2, -0.15) is 5.10 Å². The zero-order valence-electron chi connectivity index (χ0n) is 12.4. The van der Waals surface area contributed by atoms with Gasteiger partial charge in [-0.3, -0.25) is 4.68 Å². The molecule has 0 spiro atoms. The minimum atomic E-state index is -0.341. The molecule has 0 saturated carbocycles. The van der Waals surface area contributed by atoms with Crippen molar-refractivity contribution in [2.24, 2.45) is 0 Å². The monoisotopic (exact) mass is 354 g/mol. The fourth-order valence-corrected chi connectivity index (χ4v) is 2.73. The number of hydrogen-bond donors (Lipinski definition) is 0. The minimum absolute atomic E-state index is 0.272. The lowest BCUT2D eigenvalue weighted by molar-refractivity contribution is 0.280. The van der Waals surface area contributed by atoms with Gasteiger partial charge in [0.15, 0.2) is 11.6 Å². The van der Waals surface area contributed by atoms with E-state index in [1.54, 1.807) is 6.07 Å². The molecule has 0 unspecified atom stereocenters. The number of rotatable bonds is 7. The highest BCUT2D eigenvalue weighted by atomic mass is 79.9. The Labute approximate surface area is 133 Å². The Balaban J connectivity index is 2.07. The molecule has 2 rings (SSSR count). The fourth-order valence-electron chi connectivity index (χ4n) is 2.29. The van der Waals surface area contributed by atoms with Crippen molar-refractivity contribution in [2.75, 3.05) is 0 Å². The van der Waals surface area contributed by atoms with Gasteiger partial charge < -0.3 is 4.74 Å². The number of benzene rings is 1. The van der Waals surface area contributed by atoms with E-state index in [4.69, 9.17) is 4.74 Å². The number of ether oxygens (including phenoxy) is 1. The lowest BCUT2D eigenvalue weighted by Crippen LogP contribution is -2.08. The van der Waals surface area contributed by atoms with Crippen molar-refractivity contribution in [3.05, 3.63) is 47.5 Å². The van der Waals surface area contributed by atoms with Crippen LogP contribution in [0.15, 0.2) is 30.5 Å². The van der Waals surface area contributed by atoms with Crippen molar-refractivity contribution in [3.8, 4) is 5.75 Å². The molecule has 21 heavy (non-hydrogen) atoms. The SMILES string of the molecule is CCC(CC)n1ccc(COc2c(F)cccc2CBr)n1. The van der Waals surface area contributed by atoms with Crippen LogP contribution in [0, 0.1) is 5.82 Å².